The Morgan fingerprint density at radius 2 is 2.04 bits per heavy atom. The Labute approximate surface area is 162 Å². The topological polar surface area (TPSA) is 86.1 Å². The third kappa shape index (κ3) is 4.10. The maximum Gasteiger partial charge on any atom is 0.269 e. The van der Waals surface area contributed by atoms with Gasteiger partial charge < -0.3 is 10.1 Å². The number of nitrogens with zero attached hydrogens (tertiary/aromatic N) is 3. The summed E-state index contributed by atoms with van der Waals surface area (Å²) in [5.41, 5.74) is 0.979. The molecule has 1 N–H and O–H groups in total. The van der Waals surface area contributed by atoms with Crippen molar-refractivity contribution >= 4 is 22.4 Å². The van der Waals surface area contributed by atoms with Crippen molar-refractivity contribution in [2.45, 2.75) is 11.4 Å². The number of pyridine rings is 2. The molecule has 0 saturated carbocycles. The highest BCUT2D eigenvalue weighted by atomic mass is 35.5. The molecule has 0 aliphatic heterocycles. The van der Waals surface area contributed by atoms with Gasteiger partial charge in [0.05, 0.1) is 24.6 Å². The van der Waals surface area contributed by atoms with Crippen LogP contribution in [0.4, 0.5) is 4.39 Å². The molecule has 0 bridgehead atoms. The molecule has 0 atom stereocenters. The molecule has 0 aromatic carbocycles. The van der Waals surface area contributed by atoms with E-state index < -0.39 is 16.0 Å². The van der Waals surface area contributed by atoms with Gasteiger partial charge in [-0.1, -0.05) is 0 Å². The minimum Gasteiger partial charge on any atom is -0.481 e. The molecule has 3 rings (SSSR count). The third-order valence-electron chi connectivity index (χ3n) is 3.73. The molecule has 10 heteroatoms. The molecule has 0 aliphatic rings. The van der Waals surface area contributed by atoms with E-state index >= 15 is 0 Å². The van der Waals surface area contributed by atoms with Gasteiger partial charge in [-0.05, 0) is 36.9 Å². The highest BCUT2D eigenvalue weighted by Gasteiger charge is 2.24. The van der Waals surface area contributed by atoms with Crippen molar-refractivity contribution in [2.75, 3.05) is 14.2 Å². The van der Waals surface area contributed by atoms with Crippen LogP contribution in [0.1, 0.15) is 5.56 Å². The number of hydrogen-bond acceptors (Lipinski definition) is 6. The molecule has 0 aliphatic carbocycles. The molecule has 0 fully saturated rings. The fourth-order valence-corrected chi connectivity index (χ4v) is 3.86. The van der Waals surface area contributed by atoms with E-state index in [9.17, 15) is 12.8 Å². The van der Waals surface area contributed by atoms with Crippen LogP contribution in [0.5, 0.6) is 5.88 Å². The summed E-state index contributed by atoms with van der Waals surface area (Å²) in [6.07, 6.45) is 3.97. The molecular formula is C17H18ClFN4O3S. The summed E-state index contributed by atoms with van der Waals surface area (Å²) >= 11 is 0. The highest BCUT2D eigenvalue weighted by Crippen LogP contribution is 2.28. The van der Waals surface area contributed by atoms with Gasteiger partial charge in [-0.25, -0.2) is 22.4 Å². The largest absolute Gasteiger partial charge is 0.481 e. The first kappa shape index (κ1) is 20.8. The lowest BCUT2D eigenvalue weighted by atomic mass is 10.2. The number of methoxy groups -OCH3 is 1. The molecule has 3 heterocycles. The molecule has 0 radical (unpaired) electrons. The van der Waals surface area contributed by atoms with Crippen LogP contribution in [-0.2, 0) is 16.6 Å². The minimum atomic E-state index is -3.98. The van der Waals surface area contributed by atoms with Gasteiger partial charge in [0.2, 0.25) is 11.8 Å². The minimum absolute atomic E-state index is 0. The lowest BCUT2D eigenvalue weighted by Gasteiger charge is -2.11. The van der Waals surface area contributed by atoms with Crippen LogP contribution in [0, 0.1) is 5.95 Å². The summed E-state index contributed by atoms with van der Waals surface area (Å²) in [6, 6.07) is 7.50. The Kier molecular flexibility index (Phi) is 6.53. The summed E-state index contributed by atoms with van der Waals surface area (Å²) in [6.45, 7) is 0.429. The van der Waals surface area contributed by atoms with Crippen molar-refractivity contribution in [1.29, 1.82) is 0 Å². The first-order chi connectivity index (χ1) is 12.5. The van der Waals surface area contributed by atoms with Gasteiger partial charge in [0.1, 0.15) is 4.90 Å². The zero-order valence-electron chi connectivity index (χ0n) is 14.6. The lowest BCUT2D eigenvalue weighted by Crippen LogP contribution is -2.14. The molecule has 27 heavy (non-hydrogen) atoms. The van der Waals surface area contributed by atoms with Crippen LogP contribution in [0.15, 0.2) is 53.8 Å². The highest BCUT2D eigenvalue weighted by molar-refractivity contribution is 7.90. The van der Waals surface area contributed by atoms with E-state index in [0.717, 1.165) is 3.97 Å². The van der Waals surface area contributed by atoms with Crippen LogP contribution >= 0.6 is 12.4 Å². The normalized spacial score (nSPS) is 11.1. The van der Waals surface area contributed by atoms with E-state index in [-0.39, 0.29) is 28.6 Å². The van der Waals surface area contributed by atoms with Crippen LogP contribution in [-0.4, -0.2) is 36.5 Å². The standard InChI is InChI=1S/C17H17FN4O3S.ClH/c1-19-9-12-8-15(14-4-3-7-20-17(14)18)22(11-12)26(23,24)13-5-6-16(25-2)21-10-13;/h3-8,10-11,19H,9H2,1-2H3;1H. The SMILES string of the molecule is CNCc1cc(-c2cccnc2F)n(S(=O)(=O)c2ccc(OC)nc2)c1.Cl. The number of aromatic nitrogens is 3. The van der Waals surface area contributed by atoms with Gasteiger partial charge in [-0.15, -0.1) is 12.4 Å². The predicted octanol–water partition coefficient (Wildman–Crippen LogP) is 2.47. The smallest absolute Gasteiger partial charge is 0.269 e. The third-order valence-corrected chi connectivity index (χ3v) is 5.39. The molecular weight excluding hydrogens is 395 g/mol. The van der Waals surface area contributed by atoms with Gasteiger partial charge in [0.25, 0.3) is 10.0 Å². The quantitative estimate of drug-likeness (QED) is 0.626. The monoisotopic (exact) mass is 412 g/mol. The maximum atomic E-state index is 14.2. The Hall–Kier alpha value is -2.49. The molecule has 0 spiro atoms. The first-order valence-electron chi connectivity index (χ1n) is 7.69. The van der Waals surface area contributed by atoms with Gasteiger partial charge in [-0.3, -0.25) is 0 Å². The Balaban J connectivity index is 0.00000261. The van der Waals surface area contributed by atoms with Crippen molar-refractivity contribution in [3.8, 4) is 17.1 Å². The second-order valence-electron chi connectivity index (χ2n) is 5.44. The van der Waals surface area contributed by atoms with E-state index in [1.165, 1.54) is 43.9 Å². The van der Waals surface area contributed by atoms with Crippen molar-refractivity contribution < 1.29 is 17.5 Å². The van der Waals surface area contributed by atoms with Gasteiger partial charge >= 0.3 is 0 Å². The van der Waals surface area contributed by atoms with Gasteiger partial charge in [-0.2, -0.15) is 4.39 Å². The fourth-order valence-electron chi connectivity index (χ4n) is 2.52. The summed E-state index contributed by atoms with van der Waals surface area (Å²) in [5.74, 6) is -0.447. The second kappa shape index (κ2) is 8.47. The van der Waals surface area contributed by atoms with E-state index in [0.29, 0.717) is 18.0 Å². The van der Waals surface area contributed by atoms with E-state index in [1.807, 2.05) is 0 Å². The fraction of sp³-hybridized carbons (Fsp3) is 0.176. The Morgan fingerprint density at radius 3 is 2.63 bits per heavy atom. The van der Waals surface area contributed by atoms with Crippen LogP contribution in [0.2, 0.25) is 0 Å². The molecule has 144 valence electrons. The van der Waals surface area contributed by atoms with Crippen LogP contribution in [0.3, 0.4) is 0 Å². The van der Waals surface area contributed by atoms with Crippen molar-refractivity contribution in [2.24, 2.45) is 0 Å². The lowest BCUT2D eigenvalue weighted by molar-refractivity contribution is 0.397. The van der Waals surface area contributed by atoms with Gasteiger partial charge in [0.15, 0.2) is 0 Å². The molecule has 0 unspecified atom stereocenters. The Morgan fingerprint density at radius 1 is 1.26 bits per heavy atom. The number of hydrogen-bond donors (Lipinski definition) is 1. The van der Waals surface area contributed by atoms with Crippen molar-refractivity contribution in [1.82, 2.24) is 19.3 Å². The van der Waals surface area contributed by atoms with Crippen LogP contribution in [0.25, 0.3) is 11.3 Å². The molecule has 3 aromatic rings. The number of ether oxygens (including phenoxy) is 1. The first-order valence-corrected chi connectivity index (χ1v) is 9.13. The van der Waals surface area contributed by atoms with Crippen LogP contribution < -0.4 is 10.1 Å². The summed E-state index contributed by atoms with van der Waals surface area (Å²) < 4.78 is 46.3. The zero-order valence-corrected chi connectivity index (χ0v) is 16.2. The number of halogens is 2. The van der Waals surface area contributed by atoms with E-state index in [4.69, 9.17) is 4.74 Å². The second-order valence-corrected chi connectivity index (χ2v) is 7.26. The summed E-state index contributed by atoms with van der Waals surface area (Å²) in [5, 5.41) is 2.95. The van der Waals surface area contributed by atoms with E-state index in [1.54, 1.807) is 19.2 Å². The molecule has 0 saturated heterocycles. The van der Waals surface area contributed by atoms with E-state index in [2.05, 4.69) is 15.3 Å². The van der Waals surface area contributed by atoms with Crippen molar-refractivity contribution in [3.05, 3.63) is 60.4 Å². The zero-order chi connectivity index (χ0) is 18.7. The maximum absolute atomic E-state index is 14.2. The number of rotatable bonds is 6. The molecule has 7 nitrogen and oxygen atoms in total. The number of nitrogens with one attached hydrogen (secondary N) is 1. The average Bonchev–Trinajstić information content (AvgIpc) is 3.07. The molecule has 3 aromatic heterocycles. The molecule has 0 amide bonds. The van der Waals surface area contributed by atoms with Gasteiger partial charge in [0, 0.05) is 25.0 Å². The Bertz CT molecular complexity index is 1020. The summed E-state index contributed by atoms with van der Waals surface area (Å²) in [4.78, 5) is 7.52. The summed E-state index contributed by atoms with van der Waals surface area (Å²) in [7, 11) is -0.801. The predicted molar refractivity (Wildman–Crippen MR) is 101 cm³/mol. The average molecular weight is 413 g/mol. The van der Waals surface area contributed by atoms with Crippen molar-refractivity contribution in [3.63, 3.8) is 0 Å².